The molecule has 4 nitrogen and oxygen atoms in total. The van der Waals surface area contributed by atoms with Gasteiger partial charge in [0.15, 0.2) is 0 Å². The van der Waals surface area contributed by atoms with E-state index in [0.717, 1.165) is 17.5 Å². The normalized spacial score (nSPS) is 15.6. The van der Waals surface area contributed by atoms with Gasteiger partial charge in [-0.25, -0.2) is 0 Å². The van der Waals surface area contributed by atoms with Gasteiger partial charge in [-0.2, -0.15) is 0 Å². The van der Waals surface area contributed by atoms with E-state index in [4.69, 9.17) is 0 Å². The maximum Gasteiger partial charge on any atom is 0.261 e. The van der Waals surface area contributed by atoms with Gasteiger partial charge in [-0.3, -0.25) is 9.59 Å². The molecule has 0 fully saturated rings. The highest BCUT2D eigenvalue weighted by Crippen LogP contribution is 2.31. The first-order valence-corrected chi connectivity index (χ1v) is 8.51. The van der Waals surface area contributed by atoms with Crippen LogP contribution in [0.25, 0.3) is 10.9 Å². The smallest absolute Gasteiger partial charge is 0.261 e. The molecule has 1 unspecified atom stereocenters. The molecule has 1 amide bonds. The Morgan fingerprint density at radius 2 is 1.96 bits per heavy atom. The number of carbonyl (C=O) groups excluding carboxylic acids is 1. The first-order valence-electron chi connectivity index (χ1n) is 8.51. The molecular formula is C21H20N2O2. The summed E-state index contributed by atoms with van der Waals surface area (Å²) in [5, 5.41) is 3.48. The third kappa shape index (κ3) is 2.45. The Hall–Kier alpha value is -2.88. The number of rotatable bonds is 2. The van der Waals surface area contributed by atoms with E-state index in [0.29, 0.717) is 11.1 Å². The summed E-state index contributed by atoms with van der Waals surface area (Å²) >= 11 is 0. The summed E-state index contributed by atoms with van der Waals surface area (Å²) in [5.41, 5.74) is 5.09. The summed E-state index contributed by atoms with van der Waals surface area (Å²) in [5.74, 6) is -0.358. The monoisotopic (exact) mass is 332 g/mol. The molecular weight excluding hydrogens is 312 g/mol. The number of anilines is 1. The van der Waals surface area contributed by atoms with Crippen LogP contribution in [0.3, 0.4) is 0 Å². The number of benzene rings is 2. The van der Waals surface area contributed by atoms with Crippen molar-refractivity contribution in [2.24, 2.45) is 0 Å². The number of hydrogen-bond donors (Lipinski definition) is 1. The molecule has 2 heterocycles. The highest BCUT2D eigenvalue weighted by Gasteiger charge is 2.24. The molecule has 1 aliphatic heterocycles. The zero-order valence-electron chi connectivity index (χ0n) is 14.6. The number of hydrogen-bond acceptors (Lipinski definition) is 2. The summed E-state index contributed by atoms with van der Waals surface area (Å²) in [7, 11) is 0. The van der Waals surface area contributed by atoms with E-state index in [1.165, 1.54) is 11.1 Å². The Labute approximate surface area is 146 Å². The molecule has 0 bridgehead atoms. The third-order valence-electron chi connectivity index (χ3n) is 5.13. The Morgan fingerprint density at radius 1 is 1.16 bits per heavy atom. The minimum atomic E-state index is -0.358. The molecule has 1 atom stereocenters. The second-order valence-corrected chi connectivity index (χ2v) is 6.90. The van der Waals surface area contributed by atoms with Crippen molar-refractivity contribution in [1.29, 1.82) is 0 Å². The minimum Gasteiger partial charge on any atom is -0.343 e. The van der Waals surface area contributed by atoms with Crippen molar-refractivity contribution in [1.82, 2.24) is 4.57 Å². The van der Waals surface area contributed by atoms with E-state index in [1.54, 1.807) is 6.20 Å². The van der Waals surface area contributed by atoms with Gasteiger partial charge in [0.25, 0.3) is 5.91 Å². The van der Waals surface area contributed by atoms with Crippen molar-refractivity contribution in [2.45, 2.75) is 33.2 Å². The van der Waals surface area contributed by atoms with E-state index >= 15 is 0 Å². The molecule has 0 spiro atoms. The van der Waals surface area contributed by atoms with Gasteiger partial charge in [0, 0.05) is 23.3 Å². The highest BCUT2D eigenvalue weighted by molar-refractivity contribution is 6.06. The van der Waals surface area contributed by atoms with E-state index < -0.39 is 0 Å². The van der Waals surface area contributed by atoms with Gasteiger partial charge >= 0.3 is 0 Å². The Bertz CT molecular complexity index is 1080. The van der Waals surface area contributed by atoms with Crippen LogP contribution in [-0.2, 0) is 6.42 Å². The summed E-state index contributed by atoms with van der Waals surface area (Å²) in [6.07, 6.45) is 2.60. The number of nitrogens with one attached hydrogen (secondary N) is 1. The van der Waals surface area contributed by atoms with Gasteiger partial charge in [-0.1, -0.05) is 18.2 Å². The Kier molecular flexibility index (Phi) is 3.49. The predicted octanol–water partition coefficient (Wildman–Crippen LogP) is 3.99. The SMILES string of the molecule is Cc1ccc(NC(=O)c2cn3c4c(cccc4c2=O)CC3C)cc1C. The van der Waals surface area contributed by atoms with E-state index in [2.05, 4.69) is 22.9 Å². The zero-order valence-corrected chi connectivity index (χ0v) is 14.6. The predicted molar refractivity (Wildman–Crippen MR) is 100 cm³/mol. The lowest BCUT2D eigenvalue weighted by Gasteiger charge is -2.13. The molecule has 2 aromatic carbocycles. The van der Waals surface area contributed by atoms with Crippen LogP contribution in [0.1, 0.15) is 40.0 Å². The largest absolute Gasteiger partial charge is 0.343 e. The van der Waals surface area contributed by atoms with Crippen LogP contribution < -0.4 is 10.7 Å². The van der Waals surface area contributed by atoms with Crippen LogP contribution in [0.2, 0.25) is 0 Å². The number of para-hydroxylation sites is 1. The number of aromatic nitrogens is 1. The molecule has 4 rings (SSSR count). The summed E-state index contributed by atoms with van der Waals surface area (Å²) in [6.45, 7) is 6.13. The van der Waals surface area contributed by atoms with Gasteiger partial charge in [-0.15, -0.1) is 0 Å². The molecule has 0 radical (unpaired) electrons. The lowest BCUT2D eigenvalue weighted by molar-refractivity contribution is 0.102. The number of carbonyl (C=O) groups is 1. The number of aryl methyl sites for hydroxylation is 2. The van der Waals surface area contributed by atoms with Crippen LogP contribution in [0.15, 0.2) is 47.4 Å². The second kappa shape index (κ2) is 5.59. The molecule has 1 N–H and O–H groups in total. The quantitative estimate of drug-likeness (QED) is 0.771. The van der Waals surface area contributed by atoms with Crippen molar-refractivity contribution in [3.8, 4) is 0 Å². The van der Waals surface area contributed by atoms with E-state index in [9.17, 15) is 9.59 Å². The molecule has 0 saturated heterocycles. The van der Waals surface area contributed by atoms with Crippen LogP contribution in [0.4, 0.5) is 5.69 Å². The maximum absolute atomic E-state index is 12.8. The molecule has 1 aliphatic rings. The number of amides is 1. The third-order valence-corrected chi connectivity index (χ3v) is 5.13. The van der Waals surface area contributed by atoms with Crippen molar-refractivity contribution in [3.05, 3.63) is 75.1 Å². The molecule has 4 heteroatoms. The topological polar surface area (TPSA) is 51.1 Å². The second-order valence-electron chi connectivity index (χ2n) is 6.90. The fourth-order valence-corrected chi connectivity index (χ4v) is 3.60. The summed E-state index contributed by atoms with van der Waals surface area (Å²) in [4.78, 5) is 25.6. The fourth-order valence-electron chi connectivity index (χ4n) is 3.60. The summed E-state index contributed by atoms with van der Waals surface area (Å²) in [6, 6.07) is 11.7. The molecule has 3 aromatic rings. The highest BCUT2D eigenvalue weighted by atomic mass is 16.2. The average Bonchev–Trinajstić information content (AvgIpc) is 2.90. The van der Waals surface area contributed by atoms with Crippen molar-refractivity contribution >= 4 is 22.5 Å². The van der Waals surface area contributed by atoms with Crippen LogP contribution in [-0.4, -0.2) is 10.5 Å². The zero-order chi connectivity index (χ0) is 17.7. The number of pyridine rings is 1. The van der Waals surface area contributed by atoms with E-state index in [1.807, 2.05) is 44.2 Å². The van der Waals surface area contributed by atoms with Gasteiger partial charge in [0.1, 0.15) is 5.56 Å². The lowest BCUT2D eigenvalue weighted by Crippen LogP contribution is -2.23. The molecule has 126 valence electrons. The summed E-state index contributed by atoms with van der Waals surface area (Å²) < 4.78 is 2.06. The van der Waals surface area contributed by atoms with Gasteiger partial charge in [-0.05, 0) is 62.1 Å². The Balaban J connectivity index is 1.80. The van der Waals surface area contributed by atoms with Crippen LogP contribution in [0.5, 0.6) is 0 Å². The van der Waals surface area contributed by atoms with Gasteiger partial charge < -0.3 is 9.88 Å². The minimum absolute atomic E-state index is 0.191. The molecule has 0 saturated carbocycles. The first-order chi connectivity index (χ1) is 12.0. The van der Waals surface area contributed by atoms with Crippen molar-refractivity contribution in [2.75, 3.05) is 5.32 Å². The molecule has 0 aliphatic carbocycles. The number of nitrogens with zero attached hydrogens (tertiary/aromatic N) is 1. The van der Waals surface area contributed by atoms with Crippen molar-refractivity contribution < 1.29 is 4.79 Å². The average molecular weight is 332 g/mol. The fraction of sp³-hybridized carbons (Fsp3) is 0.238. The maximum atomic E-state index is 12.8. The molecule has 1 aromatic heterocycles. The Morgan fingerprint density at radius 3 is 2.72 bits per heavy atom. The van der Waals surface area contributed by atoms with Crippen LogP contribution in [0, 0.1) is 13.8 Å². The molecule has 25 heavy (non-hydrogen) atoms. The lowest BCUT2D eigenvalue weighted by atomic mass is 10.1. The van der Waals surface area contributed by atoms with Gasteiger partial charge in [0.05, 0.1) is 5.52 Å². The van der Waals surface area contributed by atoms with E-state index in [-0.39, 0.29) is 22.9 Å². The van der Waals surface area contributed by atoms with Crippen molar-refractivity contribution in [3.63, 3.8) is 0 Å². The first kappa shape index (κ1) is 15.6. The van der Waals surface area contributed by atoms with Crippen LogP contribution >= 0.6 is 0 Å². The standard InChI is InChI=1S/C21H20N2O2/c1-12-7-8-16(9-13(12)2)22-21(25)18-11-23-14(3)10-15-5-4-6-17(19(15)23)20(18)24/h4-9,11,14H,10H2,1-3H3,(H,22,25). The van der Waals surface area contributed by atoms with Gasteiger partial charge in [0.2, 0.25) is 5.43 Å².